The highest BCUT2D eigenvalue weighted by Gasteiger charge is 2.24. The SMILES string of the molecule is CCCCCCCCCCCCCCCCCCN1C=CN(CCCCCCCC)C1CCCCCCCCCCCC. The Hall–Kier alpha value is -0.660. The van der Waals surface area contributed by atoms with E-state index in [1.807, 2.05) is 0 Å². The van der Waals surface area contributed by atoms with Crippen molar-refractivity contribution in [2.45, 2.75) is 239 Å². The third-order valence-electron chi connectivity index (χ3n) is 10.1. The molecule has 1 heterocycles. The Morgan fingerprint density at radius 2 is 0.535 bits per heavy atom. The van der Waals surface area contributed by atoms with Crippen molar-refractivity contribution in [1.82, 2.24) is 9.80 Å². The summed E-state index contributed by atoms with van der Waals surface area (Å²) in [7, 11) is 0. The number of rotatable bonds is 35. The predicted octanol–water partition coefficient (Wildman–Crippen LogP) is 14.3. The Bertz CT molecular complexity index is 558. The van der Waals surface area contributed by atoms with Gasteiger partial charge in [0.25, 0.3) is 0 Å². The van der Waals surface area contributed by atoms with Crippen LogP contribution in [0.25, 0.3) is 0 Å². The van der Waals surface area contributed by atoms with Crippen molar-refractivity contribution < 1.29 is 0 Å². The number of hydrogen-bond acceptors (Lipinski definition) is 2. The molecule has 0 aromatic carbocycles. The second kappa shape index (κ2) is 32.7. The normalized spacial score (nSPS) is 14.9. The van der Waals surface area contributed by atoms with Crippen molar-refractivity contribution in [2.24, 2.45) is 0 Å². The summed E-state index contributed by atoms with van der Waals surface area (Å²) >= 11 is 0. The van der Waals surface area contributed by atoms with Gasteiger partial charge >= 0.3 is 0 Å². The molecular weight excluding hydrogens is 520 g/mol. The maximum Gasteiger partial charge on any atom is 0.101 e. The number of nitrogens with zero attached hydrogens (tertiary/aromatic N) is 2. The van der Waals surface area contributed by atoms with E-state index in [4.69, 9.17) is 0 Å². The minimum atomic E-state index is 0.640. The molecule has 0 saturated carbocycles. The zero-order valence-corrected chi connectivity index (χ0v) is 30.4. The lowest BCUT2D eigenvalue weighted by Crippen LogP contribution is -2.39. The van der Waals surface area contributed by atoms with Crippen molar-refractivity contribution in [3.05, 3.63) is 12.4 Å². The summed E-state index contributed by atoms with van der Waals surface area (Å²) in [5.41, 5.74) is 0. The lowest BCUT2D eigenvalue weighted by atomic mass is 10.0. The van der Waals surface area contributed by atoms with Gasteiger partial charge in [0.2, 0.25) is 0 Å². The molecule has 0 aromatic heterocycles. The third-order valence-corrected chi connectivity index (χ3v) is 10.1. The van der Waals surface area contributed by atoms with Gasteiger partial charge in [0, 0.05) is 25.5 Å². The van der Waals surface area contributed by atoms with E-state index in [9.17, 15) is 0 Å². The van der Waals surface area contributed by atoms with E-state index in [1.54, 1.807) is 0 Å². The molecule has 0 aromatic rings. The van der Waals surface area contributed by atoms with Gasteiger partial charge in [-0.05, 0) is 25.7 Å². The van der Waals surface area contributed by atoms with Crippen LogP contribution in [0.4, 0.5) is 0 Å². The molecule has 0 radical (unpaired) electrons. The molecule has 256 valence electrons. The first-order chi connectivity index (χ1) is 21.3. The van der Waals surface area contributed by atoms with Gasteiger partial charge in [-0.15, -0.1) is 0 Å². The summed E-state index contributed by atoms with van der Waals surface area (Å²) in [6.07, 6.45) is 52.9. The highest BCUT2D eigenvalue weighted by atomic mass is 15.4. The monoisotopic (exact) mass is 603 g/mol. The lowest BCUT2D eigenvalue weighted by Gasteiger charge is -2.33. The molecule has 0 amide bonds. The van der Waals surface area contributed by atoms with E-state index < -0.39 is 0 Å². The summed E-state index contributed by atoms with van der Waals surface area (Å²) in [6.45, 7) is 9.48. The maximum absolute atomic E-state index is 2.72. The Labute approximate surface area is 273 Å². The first kappa shape index (κ1) is 40.4. The molecule has 1 rings (SSSR count). The summed E-state index contributed by atoms with van der Waals surface area (Å²) in [6, 6.07) is 0. The van der Waals surface area contributed by atoms with Crippen molar-refractivity contribution in [1.29, 1.82) is 0 Å². The van der Waals surface area contributed by atoms with Gasteiger partial charge in [-0.3, -0.25) is 0 Å². The molecule has 0 N–H and O–H groups in total. The third kappa shape index (κ3) is 25.2. The zero-order valence-electron chi connectivity index (χ0n) is 30.4. The molecule has 0 spiro atoms. The highest BCUT2D eigenvalue weighted by molar-refractivity contribution is 4.97. The lowest BCUT2D eigenvalue weighted by molar-refractivity contribution is 0.135. The second-order valence-electron chi connectivity index (χ2n) is 14.3. The van der Waals surface area contributed by atoms with Crippen LogP contribution in [0.3, 0.4) is 0 Å². The molecule has 0 fully saturated rings. The summed E-state index contributed by atoms with van der Waals surface area (Å²) in [4.78, 5) is 5.43. The van der Waals surface area contributed by atoms with Crippen LogP contribution < -0.4 is 0 Å². The molecular formula is C41H82N2. The van der Waals surface area contributed by atoms with Crippen LogP contribution in [0.15, 0.2) is 12.4 Å². The quantitative estimate of drug-likeness (QED) is 0.0666. The van der Waals surface area contributed by atoms with Crippen molar-refractivity contribution in [3.63, 3.8) is 0 Å². The highest BCUT2D eigenvalue weighted by Crippen LogP contribution is 2.24. The fourth-order valence-electron chi connectivity index (χ4n) is 7.07. The van der Waals surface area contributed by atoms with Gasteiger partial charge in [-0.1, -0.05) is 207 Å². The molecule has 1 aliphatic rings. The Morgan fingerprint density at radius 1 is 0.302 bits per heavy atom. The number of hydrogen-bond donors (Lipinski definition) is 0. The molecule has 1 unspecified atom stereocenters. The molecule has 43 heavy (non-hydrogen) atoms. The molecule has 0 bridgehead atoms. The van der Waals surface area contributed by atoms with Crippen molar-refractivity contribution in [3.8, 4) is 0 Å². The average molecular weight is 603 g/mol. The first-order valence-electron chi connectivity index (χ1n) is 20.5. The minimum Gasteiger partial charge on any atom is -0.356 e. The van der Waals surface area contributed by atoms with E-state index in [0.29, 0.717) is 6.17 Å². The zero-order chi connectivity index (χ0) is 30.9. The predicted molar refractivity (Wildman–Crippen MR) is 196 cm³/mol. The van der Waals surface area contributed by atoms with Crippen LogP contribution in [0, 0.1) is 0 Å². The van der Waals surface area contributed by atoms with Gasteiger partial charge in [0.05, 0.1) is 0 Å². The van der Waals surface area contributed by atoms with Crippen molar-refractivity contribution in [2.75, 3.05) is 13.1 Å². The summed E-state index contributed by atoms with van der Waals surface area (Å²) in [5.74, 6) is 0. The molecule has 2 heteroatoms. The van der Waals surface area contributed by atoms with Gasteiger partial charge in [-0.25, -0.2) is 0 Å². The minimum absolute atomic E-state index is 0.640. The van der Waals surface area contributed by atoms with Crippen LogP contribution in [0.5, 0.6) is 0 Å². The fraction of sp³-hybridized carbons (Fsp3) is 0.951. The van der Waals surface area contributed by atoms with Crippen LogP contribution in [-0.2, 0) is 0 Å². The largest absolute Gasteiger partial charge is 0.356 e. The van der Waals surface area contributed by atoms with Crippen LogP contribution >= 0.6 is 0 Å². The molecule has 1 atom stereocenters. The smallest absolute Gasteiger partial charge is 0.101 e. The Morgan fingerprint density at radius 3 is 0.814 bits per heavy atom. The van der Waals surface area contributed by atoms with E-state index in [2.05, 4.69) is 43.0 Å². The average Bonchev–Trinajstić information content (AvgIpc) is 3.40. The van der Waals surface area contributed by atoms with Gasteiger partial charge in [0.1, 0.15) is 6.17 Å². The summed E-state index contributed by atoms with van der Waals surface area (Å²) in [5, 5.41) is 0. The maximum atomic E-state index is 2.72. The van der Waals surface area contributed by atoms with Crippen LogP contribution in [0.2, 0.25) is 0 Å². The Kier molecular flexibility index (Phi) is 30.7. The van der Waals surface area contributed by atoms with E-state index in [-0.39, 0.29) is 0 Å². The summed E-state index contributed by atoms with van der Waals surface area (Å²) < 4.78 is 0. The topological polar surface area (TPSA) is 6.48 Å². The molecule has 0 aliphatic carbocycles. The second-order valence-corrected chi connectivity index (χ2v) is 14.3. The molecule has 1 aliphatic heterocycles. The van der Waals surface area contributed by atoms with Gasteiger partial charge < -0.3 is 9.80 Å². The number of unbranched alkanes of at least 4 members (excludes halogenated alkanes) is 29. The van der Waals surface area contributed by atoms with Gasteiger partial charge in [0.15, 0.2) is 0 Å². The van der Waals surface area contributed by atoms with E-state index in [0.717, 1.165) is 0 Å². The van der Waals surface area contributed by atoms with Gasteiger partial charge in [-0.2, -0.15) is 0 Å². The standard InChI is InChI=1S/C41H82N2/c1-4-7-10-13-16-18-20-21-22-23-24-25-27-29-32-35-38-43-40-39-42(37-34-31-15-12-9-6-3)41(43)36-33-30-28-26-19-17-14-11-8-5-2/h39-41H,4-38H2,1-3H3. The van der Waals surface area contributed by atoms with E-state index >= 15 is 0 Å². The Balaban J connectivity index is 2.14. The molecule has 0 saturated heterocycles. The van der Waals surface area contributed by atoms with E-state index in [1.165, 1.54) is 225 Å². The van der Waals surface area contributed by atoms with Crippen LogP contribution in [0.1, 0.15) is 233 Å². The van der Waals surface area contributed by atoms with Crippen molar-refractivity contribution >= 4 is 0 Å². The fourth-order valence-corrected chi connectivity index (χ4v) is 7.07. The van der Waals surface area contributed by atoms with Crippen LogP contribution in [-0.4, -0.2) is 29.1 Å². The molecule has 2 nitrogen and oxygen atoms in total. The first-order valence-corrected chi connectivity index (χ1v) is 20.5.